The van der Waals surface area contributed by atoms with E-state index in [9.17, 15) is 33.9 Å². The van der Waals surface area contributed by atoms with Crippen LogP contribution in [0, 0.1) is 0 Å². The first kappa shape index (κ1) is 35.5. The van der Waals surface area contributed by atoms with Crippen LogP contribution in [-0.2, 0) is 61.9 Å². The van der Waals surface area contributed by atoms with Crippen LogP contribution < -0.4 is 0 Å². The Morgan fingerprint density at radius 3 is 1.62 bits per heavy atom. The number of aliphatic hydroxyl groups is 1. The van der Waals surface area contributed by atoms with Gasteiger partial charge in [-0.25, -0.2) is 24.0 Å². The van der Waals surface area contributed by atoms with Crippen molar-refractivity contribution in [1.29, 1.82) is 0 Å². The molecule has 4 rings (SSSR count). The summed E-state index contributed by atoms with van der Waals surface area (Å²) < 4.78 is 37.2. The van der Waals surface area contributed by atoms with Crippen molar-refractivity contribution in [2.75, 3.05) is 7.11 Å². The third-order valence-electron chi connectivity index (χ3n) is 7.82. The van der Waals surface area contributed by atoms with E-state index in [0.29, 0.717) is 5.57 Å². The van der Waals surface area contributed by atoms with Crippen LogP contribution in [-0.4, -0.2) is 65.4 Å². The molecule has 1 unspecified atom stereocenters. The molecular weight excluding hydrogens is 632 g/mol. The highest BCUT2D eigenvalue weighted by Gasteiger charge is 2.56. The molecule has 0 bridgehead atoms. The van der Waals surface area contributed by atoms with Gasteiger partial charge in [-0.05, 0) is 39.0 Å². The van der Waals surface area contributed by atoms with Crippen molar-refractivity contribution < 1.29 is 67.0 Å². The molecule has 0 aromatic rings. The van der Waals surface area contributed by atoms with Crippen LogP contribution in [0.5, 0.6) is 0 Å². The Balaban J connectivity index is 1.37. The molecule has 4 aliphatic rings. The number of cyclic esters (lactones) is 1. The van der Waals surface area contributed by atoms with Gasteiger partial charge in [0.05, 0.1) is 13.5 Å². The van der Waals surface area contributed by atoms with Crippen molar-refractivity contribution in [3.8, 4) is 0 Å². The van der Waals surface area contributed by atoms with E-state index in [1.165, 1.54) is 44.4 Å². The van der Waals surface area contributed by atoms with Crippen molar-refractivity contribution in [3.05, 3.63) is 82.4 Å². The Bertz CT molecular complexity index is 1580. The number of methoxy groups -OCH3 is 1. The van der Waals surface area contributed by atoms with Crippen molar-refractivity contribution in [2.45, 2.75) is 83.6 Å². The zero-order chi connectivity index (χ0) is 35.3. The van der Waals surface area contributed by atoms with Crippen LogP contribution in [0.4, 0.5) is 0 Å². The van der Waals surface area contributed by atoms with Crippen molar-refractivity contribution >= 4 is 35.8 Å². The van der Waals surface area contributed by atoms with Gasteiger partial charge in [-0.1, -0.05) is 41.5 Å². The molecule has 14 nitrogen and oxygen atoms in total. The number of allylic oxidation sites excluding steroid dienone is 9. The average Bonchev–Trinajstić information content (AvgIpc) is 3.00. The maximum Gasteiger partial charge on any atom is 0.348 e. The molecule has 0 aromatic carbocycles. The zero-order valence-electron chi connectivity index (χ0n) is 27.1. The summed E-state index contributed by atoms with van der Waals surface area (Å²) in [5.41, 5.74) is 0.294. The minimum absolute atomic E-state index is 0.0536. The van der Waals surface area contributed by atoms with Crippen LogP contribution in [0.2, 0.25) is 0 Å². The fraction of sp³-hybridized carbons (Fsp3) is 0.412. The second-order valence-electron chi connectivity index (χ2n) is 11.6. The second kappa shape index (κ2) is 14.2. The van der Waals surface area contributed by atoms with Gasteiger partial charge in [0.25, 0.3) is 23.3 Å². The summed E-state index contributed by atoms with van der Waals surface area (Å²) in [5.74, 6) is -10.5. The van der Waals surface area contributed by atoms with Crippen LogP contribution in [0.3, 0.4) is 0 Å². The Labute approximate surface area is 275 Å². The van der Waals surface area contributed by atoms with Crippen molar-refractivity contribution in [2.24, 2.45) is 0 Å². The second-order valence-corrected chi connectivity index (χ2v) is 11.6. The highest BCUT2D eigenvalue weighted by molar-refractivity contribution is 6.16. The lowest BCUT2D eigenvalue weighted by Gasteiger charge is -2.46. The quantitative estimate of drug-likeness (QED) is 0.128. The molecule has 0 radical (unpaired) electrons. The maximum atomic E-state index is 12.9. The molecule has 0 amide bonds. The summed E-state index contributed by atoms with van der Waals surface area (Å²) in [6, 6.07) is 0. The molecule has 3 heterocycles. The number of ether oxygens (including phenoxy) is 7. The third-order valence-corrected chi connectivity index (χ3v) is 7.82. The SMILES string of the molecule is C/C=C/C(C)=C/C=C1C(=O)OC2(CCC3(CC2)OC(=O)C(=C/C=C(C)/C=C/C2=C(O)OC(C)(CCC(=O)OC)OC2=O)C(=O)O3)OC1=O. The summed E-state index contributed by atoms with van der Waals surface area (Å²) in [5, 5.41) is 10.3. The van der Waals surface area contributed by atoms with Gasteiger partial charge >= 0.3 is 35.8 Å². The zero-order valence-corrected chi connectivity index (χ0v) is 27.1. The van der Waals surface area contributed by atoms with Crippen LogP contribution in [0.25, 0.3) is 0 Å². The molecule has 0 aromatic heterocycles. The lowest BCUT2D eigenvalue weighted by Crippen LogP contribution is -2.56. The van der Waals surface area contributed by atoms with E-state index in [1.54, 1.807) is 26.0 Å². The number of rotatable bonds is 8. The number of hydrogen-bond donors (Lipinski definition) is 1. The fourth-order valence-electron chi connectivity index (χ4n) is 5.11. The maximum absolute atomic E-state index is 12.9. The number of carbonyl (C=O) groups is 6. The number of esters is 6. The van der Waals surface area contributed by atoms with Gasteiger partial charge < -0.3 is 38.3 Å². The summed E-state index contributed by atoms with van der Waals surface area (Å²) >= 11 is 0. The van der Waals surface area contributed by atoms with Gasteiger partial charge in [0.2, 0.25) is 0 Å². The number of hydrogen-bond acceptors (Lipinski definition) is 14. The standard InChI is InChI=1S/C34H36O14/c1-6-7-20(2)8-11-23-28(38)45-33(46-29(23)39)16-18-34(19-17-33)47-30(40)24(31(41)48-34)13-10-21(3)9-12-22-26(36)43-32(4,44-27(22)37)15-14-25(35)42-5/h6-13,36H,14-19H2,1-5H3/b7-6+,12-9+,20-8+,21-10+,23-11?,24-13?. The molecule has 2 saturated heterocycles. The van der Waals surface area contributed by atoms with Crippen LogP contribution in [0.15, 0.2) is 82.4 Å². The van der Waals surface area contributed by atoms with Crippen molar-refractivity contribution in [3.63, 3.8) is 0 Å². The number of carbonyl (C=O) groups excluding carboxylic acids is 6. The molecule has 1 N–H and O–H groups in total. The molecule has 14 heteroatoms. The monoisotopic (exact) mass is 668 g/mol. The van der Waals surface area contributed by atoms with E-state index in [-0.39, 0.29) is 49.7 Å². The molecule has 3 fully saturated rings. The summed E-state index contributed by atoms with van der Waals surface area (Å²) in [6.07, 6.45) is 11.2. The summed E-state index contributed by atoms with van der Waals surface area (Å²) in [7, 11) is 1.21. The molecule has 1 saturated carbocycles. The topological polar surface area (TPSA) is 187 Å². The smallest absolute Gasteiger partial charge is 0.348 e. The molecule has 3 aliphatic heterocycles. The molecule has 256 valence electrons. The van der Waals surface area contributed by atoms with E-state index in [4.69, 9.17) is 28.4 Å². The van der Waals surface area contributed by atoms with E-state index in [1.807, 2.05) is 13.0 Å². The predicted molar refractivity (Wildman–Crippen MR) is 162 cm³/mol. The largest absolute Gasteiger partial charge is 0.480 e. The van der Waals surface area contributed by atoms with E-state index < -0.39 is 64.7 Å². The molecule has 1 aliphatic carbocycles. The average molecular weight is 669 g/mol. The van der Waals surface area contributed by atoms with Crippen LogP contribution in [0.1, 0.15) is 66.2 Å². The van der Waals surface area contributed by atoms with E-state index >= 15 is 0 Å². The lowest BCUT2D eigenvalue weighted by atomic mass is 9.87. The minimum atomic E-state index is -1.63. The third kappa shape index (κ3) is 8.11. The van der Waals surface area contributed by atoms with Gasteiger partial charge in [0, 0.05) is 39.0 Å². The first-order valence-corrected chi connectivity index (χ1v) is 15.1. The van der Waals surface area contributed by atoms with Gasteiger partial charge in [-0.15, -0.1) is 0 Å². The van der Waals surface area contributed by atoms with E-state index in [2.05, 4.69) is 4.74 Å². The Hall–Kier alpha value is -5.40. The first-order valence-electron chi connectivity index (χ1n) is 15.1. The minimum Gasteiger partial charge on any atom is -0.480 e. The Kier molecular flexibility index (Phi) is 10.5. The highest BCUT2D eigenvalue weighted by atomic mass is 16.8. The van der Waals surface area contributed by atoms with Gasteiger partial charge in [0.15, 0.2) is 0 Å². The molecule has 2 spiro atoms. The predicted octanol–water partition coefficient (Wildman–Crippen LogP) is 4.04. The van der Waals surface area contributed by atoms with Gasteiger partial charge in [-0.3, -0.25) is 4.79 Å². The lowest BCUT2D eigenvalue weighted by molar-refractivity contribution is -0.291. The molecule has 1 atom stereocenters. The van der Waals surface area contributed by atoms with Gasteiger partial charge in [0.1, 0.15) is 16.7 Å². The summed E-state index contributed by atoms with van der Waals surface area (Å²) in [4.78, 5) is 75.0. The molecule has 48 heavy (non-hydrogen) atoms. The first-order chi connectivity index (χ1) is 22.6. The van der Waals surface area contributed by atoms with E-state index in [0.717, 1.165) is 5.57 Å². The Morgan fingerprint density at radius 1 is 0.750 bits per heavy atom. The van der Waals surface area contributed by atoms with Crippen LogP contribution >= 0.6 is 0 Å². The highest BCUT2D eigenvalue weighted by Crippen LogP contribution is 2.45. The fourth-order valence-corrected chi connectivity index (χ4v) is 5.11. The van der Waals surface area contributed by atoms with Gasteiger partial charge in [-0.2, -0.15) is 0 Å². The molecular formula is C34H36O14. The Morgan fingerprint density at radius 2 is 1.21 bits per heavy atom. The van der Waals surface area contributed by atoms with Crippen molar-refractivity contribution in [1.82, 2.24) is 0 Å². The summed E-state index contributed by atoms with van der Waals surface area (Å²) in [6.45, 7) is 6.61. The normalized spacial score (nSPS) is 28.2. The number of aliphatic hydroxyl groups excluding tert-OH is 1.